The first-order chi connectivity index (χ1) is 11.3. The molecule has 0 rings (SSSR count). The van der Waals surface area contributed by atoms with Crippen molar-refractivity contribution < 1.29 is 19.1 Å². The number of nitrogens with two attached hydrogens (primary N) is 3. The third-order valence-corrected chi connectivity index (χ3v) is 2.41. The van der Waals surface area contributed by atoms with Gasteiger partial charge in [-0.2, -0.15) is 0 Å². The zero-order valence-electron chi connectivity index (χ0n) is 17.1. The van der Waals surface area contributed by atoms with Gasteiger partial charge < -0.3 is 26.7 Å². The monoisotopic (exact) mass is 463 g/mol. The van der Waals surface area contributed by atoms with E-state index in [9.17, 15) is 9.59 Å². The molecule has 160 valence electrons. The second-order valence-electron chi connectivity index (χ2n) is 7.13. The maximum atomic E-state index is 11.1. The summed E-state index contributed by atoms with van der Waals surface area (Å²) in [5.41, 5.74) is 14.4. The van der Waals surface area contributed by atoms with E-state index in [-0.39, 0.29) is 40.9 Å². The third-order valence-electron chi connectivity index (χ3n) is 1.95. The number of ether oxygens (including phenoxy) is 2. The molecule has 6 N–H and O–H groups in total. The highest BCUT2D eigenvalue weighted by molar-refractivity contribution is 9.09. The fourth-order valence-corrected chi connectivity index (χ4v) is 1.29. The second kappa shape index (κ2) is 19.4. The number of alkyl halides is 1. The number of esters is 2. The predicted molar refractivity (Wildman–Crippen MR) is 114 cm³/mol. The number of hydrogen-bond donors (Lipinski definition) is 3. The molecule has 0 aromatic rings. The maximum Gasteiger partial charge on any atom is 0.317 e. The molecule has 0 aromatic heterocycles. The molecule has 0 aromatic carbocycles. The molecule has 0 fully saturated rings. The summed E-state index contributed by atoms with van der Waals surface area (Å²) < 4.78 is 10.0. The number of halogens is 2. The average Bonchev–Trinajstić information content (AvgIpc) is 2.45. The van der Waals surface area contributed by atoms with Crippen molar-refractivity contribution in [2.45, 2.75) is 72.0 Å². The van der Waals surface area contributed by atoms with Crippen molar-refractivity contribution in [2.75, 3.05) is 25.0 Å². The van der Waals surface area contributed by atoms with Crippen LogP contribution < -0.4 is 17.2 Å². The van der Waals surface area contributed by atoms with E-state index >= 15 is 0 Å². The molecule has 0 saturated heterocycles. The molecule has 0 bridgehead atoms. The average molecular weight is 465 g/mol. The van der Waals surface area contributed by atoms with E-state index in [1.54, 1.807) is 0 Å². The van der Waals surface area contributed by atoms with Gasteiger partial charge in [0.25, 0.3) is 0 Å². The van der Waals surface area contributed by atoms with Crippen molar-refractivity contribution in [3.63, 3.8) is 0 Å². The Balaban J connectivity index is -0.000000153. The number of hydrogen-bond acceptors (Lipinski definition) is 7. The molecule has 0 aliphatic carbocycles. The quantitative estimate of drug-likeness (QED) is 0.312. The highest BCUT2D eigenvalue weighted by Crippen LogP contribution is 2.09. The molecule has 0 spiro atoms. The Hall–Kier alpha value is -0.410. The first kappa shape index (κ1) is 33.2. The lowest BCUT2D eigenvalue weighted by Crippen LogP contribution is -2.24. The van der Waals surface area contributed by atoms with Gasteiger partial charge in [-0.3, -0.25) is 9.59 Å². The van der Waals surface area contributed by atoms with Crippen molar-refractivity contribution >= 4 is 40.3 Å². The number of carbonyl (C=O) groups excluding carboxylic acids is 2. The molecule has 0 amide bonds. The standard InChI is InChI=1S/C9H19NO2.C6H11BrO2.C2H8N2.ClH/c1-9(2,3)12-8(11)6-4-5-7-10;1-6(2,3)9-5(8)4-7;3-1-2-4;/h4-7,10H2,1-3H3;4H2,1-3H3;1-4H2;1H. The molecule has 0 aliphatic heterocycles. The Morgan fingerprint density at radius 1 is 0.769 bits per heavy atom. The summed E-state index contributed by atoms with van der Waals surface area (Å²) in [6.07, 6.45) is 2.19. The summed E-state index contributed by atoms with van der Waals surface area (Å²) in [5, 5.41) is 0.268. The van der Waals surface area contributed by atoms with Gasteiger partial charge in [0.15, 0.2) is 0 Å². The van der Waals surface area contributed by atoms with Crippen LogP contribution in [0.3, 0.4) is 0 Å². The Kier molecular flexibility index (Phi) is 24.7. The Morgan fingerprint density at radius 2 is 1.15 bits per heavy atom. The topological polar surface area (TPSA) is 131 Å². The number of carbonyl (C=O) groups is 2. The SMILES string of the molecule is CC(C)(C)OC(=O)CBr.CC(C)(C)OC(=O)CCCCN.Cl.NCCN. The minimum Gasteiger partial charge on any atom is -0.460 e. The number of unbranched alkanes of at least 4 members (excludes halogenated alkanes) is 1. The van der Waals surface area contributed by atoms with E-state index in [0.29, 0.717) is 26.1 Å². The molecule has 0 aliphatic rings. The molecular formula is C17H39BrClN3O4. The van der Waals surface area contributed by atoms with Gasteiger partial charge in [-0.1, -0.05) is 15.9 Å². The van der Waals surface area contributed by atoms with Crippen LogP contribution in [0.15, 0.2) is 0 Å². The summed E-state index contributed by atoms with van der Waals surface area (Å²) in [7, 11) is 0. The molecule has 0 saturated carbocycles. The molecule has 7 nitrogen and oxygen atoms in total. The lowest BCUT2D eigenvalue weighted by atomic mass is 10.2. The fraction of sp³-hybridized carbons (Fsp3) is 0.882. The van der Waals surface area contributed by atoms with Crippen molar-refractivity contribution in [1.82, 2.24) is 0 Å². The largest absolute Gasteiger partial charge is 0.460 e. The van der Waals surface area contributed by atoms with Crippen LogP contribution >= 0.6 is 28.3 Å². The zero-order chi connectivity index (χ0) is 20.5. The van der Waals surface area contributed by atoms with Crippen molar-refractivity contribution in [3.8, 4) is 0 Å². The Bertz CT molecular complexity index is 344. The molecule has 0 radical (unpaired) electrons. The Labute approximate surface area is 173 Å². The molecule has 26 heavy (non-hydrogen) atoms. The van der Waals surface area contributed by atoms with E-state index in [0.717, 1.165) is 12.8 Å². The molecule has 9 heteroatoms. The van der Waals surface area contributed by atoms with Gasteiger partial charge in [-0.05, 0) is 60.9 Å². The van der Waals surface area contributed by atoms with Crippen LogP contribution in [0.25, 0.3) is 0 Å². The van der Waals surface area contributed by atoms with Crippen LogP contribution in [0.4, 0.5) is 0 Å². The lowest BCUT2D eigenvalue weighted by molar-refractivity contribution is -0.155. The van der Waals surface area contributed by atoms with E-state index in [1.165, 1.54) is 0 Å². The zero-order valence-corrected chi connectivity index (χ0v) is 19.5. The van der Waals surface area contributed by atoms with Gasteiger partial charge in [0.1, 0.15) is 16.5 Å². The summed E-state index contributed by atoms with van der Waals surface area (Å²) in [4.78, 5) is 21.6. The van der Waals surface area contributed by atoms with Crippen LogP contribution in [0.5, 0.6) is 0 Å². The van der Waals surface area contributed by atoms with E-state index in [2.05, 4.69) is 15.9 Å². The number of rotatable bonds is 6. The minimum absolute atomic E-state index is 0. The first-order valence-electron chi connectivity index (χ1n) is 8.42. The lowest BCUT2D eigenvalue weighted by Gasteiger charge is -2.19. The second-order valence-corrected chi connectivity index (χ2v) is 7.69. The minimum atomic E-state index is -0.361. The van der Waals surface area contributed by atoms with Crippen LogP contribution in [-0.4, -0.2) is 48.1 Å². The molecule has 0 heterocycles. The summed E-state index contributed by atoms with van der Waals surface area (Å²) >= 11 is 2.99. The van der Waals surface area contributed by atoms with E-state index < -0.39 is 0 Å². The molecule has 0 atom stereocenters. The van der Waals surface area contributed by atoms with Crippen molar-refractivity contribution in [1.29, 1.82) is 0 Å². The van der Waals surface area contributed by atoms with Gasteiger partial charge in [-0.25, -0.2) is 0 Å². The predicted octanol–water partition coefficient (Wildman–Crippen LogP) is 2.51. The van der Waals surface area contributed by atoms with E-state index in [4.69, 9.17) is 26.7 Å². The van der Waals surface area contributed by atoms with Crippen LogP contribution in [0, 0.1) is 0 Å². The molecule has 0 unspecified atom stereocenters. The molecular weight excluding hydrogens is 426 g/mol. The van der Waals surface area contributed by atoms with Gasteiger partial charge in [0, 0.05) is 19.5 Å². The van der Waals surface area contributed by atoms with Crippen LogP contribution in [0.2, 0.25) is 0 Å². The summed E-state index contributed by atoms with van der Waals surface area (Å²) in [6.45, 7) is 13.0. The first-order valence-corrected chi connectivity index (χ1v) is 9.55. The van der Waals surface area contributed by atoms with E-state index in [1.807, 2.05) is 41.5 Å². The summed E-state index contributed by atoms with van der Waals surface area (Å²) in [6, 6.07) is 0. The van der Waals surface area contributed by atoms with Crippen LogP contribution in [-0.2, 0) is 19.1 Å². The Morgan fingerprint density at radius 3 is 1.38 bits per heavy atom. The third kappa shape index (κ3) is 38.9. The smallest absolute Gasteiger partial charge is 0.317 e. The highest BCUT2D eigenvalue weighted by atomic mass is 79.9. The van der Waals surface area contributed by atoms with Crippen LogP contribution in [0.1, 0.15) is 60.8 Å². The van der Waals surface area contributed by atoms with Gasteiger partial charge in [0.2, 0.25) is 0 Å². The van der Waals surface area contributed by atoms with Gasteiger partial charge in [-0.15, -0.1) is 12.4 Å². The summed E-state index contributed by atoms with van der Waals surface area (Å²) in [5.74, 6) is -0.349. The van der Waals surface area contributed by atoms with Gasteiger partial charge in [0.05, 0.1) is 0 Å². The van der Waals surface area contributed by atoms with Crippen molar-refractivity contribution in [3.05, 3.63) is 0 Å². The highest BCUT2D eigenvalue weighted by Gasteiger charge is 2.15. The maximum absolute atomic E-state index is 11.1. The normalized spacial score (nSPS) is 10.2. The van der Waals surface area contributed by atoms with Gasteiger partial charge >= 0.3 is 11.9 Å². The fourth-order valence-electron chi connectivity index (χ4n) is 1.17. The van der Waals surface area contributed by atoms with Crippen molar-refractivity contribution in [2.24, 2.45) is 17.2 Å².